The van der Waals surface area contributed by atoms with Gasteiger partial charge in [-0.25, -0.2) is 4.39 Å². The van der Waals surface area contributed by atoms with Crippen molar-refractivity contribution in [3.05, 3.63) is 64.4 Å². The highest BCUT2D eigenvalue weighted by molar-refractivity contribution is 6.30. The van der Waals surface area contributed by atoms with Gasteiger partial charge in [-0.1, -0.05) is 37.6 Å². The molecule has 100 valence electrons. The third kappa shape index (κ3) is 3.71. The average Bonchev–Trinajstić information content (AvgIpc) is 2.40. The number of anilines is 1. The Morgan fingerprint density at radius 3 is 2.42 bits per heavy atom. The van der Waals surface area contributed by atoms with E-state index >= 15 is 0 Å². The number of hydrogen-bond donors (Lipinski definition) is 1. The summed E-state index contributed by atoms with van der Waals surface area (Å²) in [5, 5.41) is 3.75. The Morgan fingerprint density at radius 1 is 1.11 bits per heavy atom. The van der Waals surface area contributed by atoms with Crippen LogP contribution in [0.1, 0.15) is 30.9 Å². The smallest absolute Gasteiger partial charge is 0.128 e. The standard InChI is InChI=1S/C16H17ClFN/c1-11(2)12-3-6-15(7-4-12)19-10-13-9-14(17)5-8-16(13)18/h3-9,11,19H,10H2,1-2H3. The number of benzene rings is 2. The van der Waals surface area contributed by atoms with Gasteiger partial charge in [0, 0.05) is 22.8 Å². The van der Waals surface area contributed by atoms with E-state index in [1.165, 1.54) is 11.6 Å². The molecule has 0 aliphatic heterocycles. The molecule has 1 nitrogen and oxygen atoms in total. The Hall–Kier alpha value is -1.54. The zero-order valence-corrected chi connectivity index (χ0v) is 11.8. The van der Waals surface area contributed by atoms with Crippen LogP contribution in [0.15, 0.2) is 42.5 Å². The first-order valence-corrected chi connectivity index (χ1v) is 6.72. The van der Waals surface area contributed by atoms with E-state index in [0.29, 0.717) is 23.0 Å². The molecule has 2 rings (SSSR count). The first kappa shape index (κ1) is 13.9. The third-order valence-corrected chi connectivity index (χ3v) is 3.30. The minimum Gasteiger partial charge on any atom is -0.381 e. The minimum absolute atomic E-state index is 0.240. The highest BCUT2D eigenvalue weighted by Gasteiger charge is 2.03. The van der Waals surface area contributed by atoms with Crippen molar-refractivity contribution in [2.24, 2.45) is 0 Å². The van der Waals surface area contributed by atoms with Crippen molar-refractivity contribution in [1.82, 2.24) is 0 Å². The Bertz CT molecular complexity index is 549. The van der Waals surface area contributed by atoms with Crippen molar-refractivity contribution in [3.8, 4) is 0 Å². The second-order valence-corrected chi connectivity index (χ2v) is 5.30. The number of nitrogens with one attached hydrogen (secondary N) is 1. The molecule has 0 atom stereocenters. The molecule has 19 heavy (non-hydrogen) atoms. The molecule has 0 spiro atoms. The van der Waals surface area contributed by atoms with Gasteiger partial charge in [0.25, 0.3) is 0 Å². The molecule has 2 aromatic rings. The van der Waals surface area contributed by atoms with Crippen LogP contribution in [-0.2, 0) is 6.54 Å². The molecule has 0 radical (unpaired) electrons. The van der Waals surface area contributed by atoms with Crippen LogP contribution in [0, 0.1) is 5.82 Å². The maximum absolute atomic E-state index is 13.5. The summed E-state index contributed by atoms with van der Waals surface area (Å²) in [5.74, 6) is 0.273. The minimum atomic E-state index is -0.240. The molecule has 0 saturated carbocycles. The molecule has 0 aromatic heterocycles. The monoisotopic (exact) mass is 277 g/mol. The molecule has 0 amide bonds. The quantitative estimate of drug-likeness (QED) is 0.808. The first-order valence-electron chi connectivity index (χ1n) is 6.34. The summed E-state index contributed by atoms with van der Waals surface area (Å²) in [5.41, 5.74) is 2.84. The fraction of sp³-hybridized carbons (Fsp3) is 0.250. The van der Waals surface area contributed by atoms with E-state index in [1.807, 2.05) is 12.1 Å². The van der Waals surface area contributed by atoms with Crippen LogP contribution in [-0.4, -0.2) is 0 Å². The second kappa shape index (κ2) is 6.07. The van der Waals surface area contributed by atoms with E-state index in [4.69, 9.17) is 11.6 Å². The van der Waals surface area contributed by atoms with Gasteiger partial charge in [-0.2, -0.15) is 0 Å². The predicted molar refractivity (Wildman–Crippen MR) is 79.3 cm³/mol. The normalized spacial score (nSPS) is 10.8. The second-order valence-electron chi connectivity index (χ2n) is 4.87. The van der Waals surface area contributed by atoms with Crippen molar-refractivity contribution in [2.45, 2.75) is 26.3 Å². The van der Waals surface area contributed by atoms with Crippen LogP contribution in [0.2, 0.25) is 5.02 Å². The molecule has 0 aliphatic rings. The fourth-order valence-corrected chi connectivity index (χ4v) is 2.06. The molecule has 0 fully saturated rings. The largest absolute Gasteiger partial charge is 0.381 e. The van der Waals surface area contributed by atoms with Crippen LogP contribution in [0.3, 0.4) is 0 Å². The summed E-state index contributed by atoms with van der Waals surface area (Å²) in [6.07, 6.45) is 0. The Kier molecular flexibility index (Phi) is 4.43. The molecular weight excluding hydrogens is 261 g/mol. The summed E-state index contributed by atoms with van der Waals surface area (Å²) in [6, 6.07) is 12.8. The van der Waals surface area contributed by atoms with Crippen molar-refractivity contribution >= 4 is 17.3 Å². The highest BCUT2D eigenvalue weighted by Crippen LogP contribution is 2.19. The van der Waals surface area contributed by atoms with Crippen LogP contribution >= 0.6 is 11.6 Å². The SMILES string of the molecule is CC(C)c1ccc(NCc2cc(Cl)ccc2F)cc1. The van der Waals surface area contributed by atoms with Gasteiger partial charge in [0.1, 0.15) is 5.82 Å². The van der Waals surface area contributed by atoms with E-state index in [0.717, 1.165) is 5.69 Å². The molecule has 0 bridgehead atoms. The zero-order chi connectivity index (χ0) is 13.8. The molecule has 0 aliphatic carbocycles. The topological polar surface area (TPSA) is 12.0 Å². The van der Waals surface area contributed by atoms with Gasteiger partial charge >= 0.3 is 0 Å². The maximum Gasteiger partial charge on any atom is 0.128 e. The van der Waals surface area contributed by atoms with Crippen LogP contribution < -0.4 is 5.32 Å². The number of halogens is 2. The summed E-state index contributed by atoms with van der Waals surface area (Å²) < 4.78 is 13.5. The van der Waals surface area contributed by atoms with Gasteiger partial charge in [0.2, 0.25) is 0 Å². The third-order valence-electron chi connectivity index (χ3n) is 3.07. The lowest BCUT2D eigenvalue weighted by molar-refractivity contribution is 0.613. The summed E-state index contributed by atoms with van der Waals surface area (Å²) >= 11 is 5.86. The number of hydrogen-bond acceptors (Lipinski definition) is 1. The van der Waals surface area contributed by atoms with Crippen molar-refractivity contribution in [2.75, 3.05) is 5.32 Å². The Balaban J connectivity index is 2.04. The van der Waals surface area contributed by atoms with E-state index in [1.54, 1.807) is 12.1 Å². The molecule has 1 N–H and O–H groups in total. The Morgan fingerprint density at radius 2 is 1.79 bits per heavy atom. The van der Waals surface area contributed by atoms with Gasteiger partial charge in [-0.15, -0.1) is 0 Å². The van der Waals surface area contributed by atoms with Crippen molar-refractivity contribution in [3.63, 3.8) is 0 Å². The summed E-state index contributed by atoms with van der Waals surface area (Å²) in [4.78, 5) is 0. The zero-order valence-electron chi connectivity index (χ0n) is 11.1. The molecule has 0 saturated heterocycles. The molecular formula is C16H17ClFN. The van der Waals surface area contributed by atoms with Crippen molar-refractivity contribution in [1.29, 1.82) is 0 Å². The van der Waals surface area contributed by atoms with E-state index < -0.39 is 0 Å². The Labute approximate surface area is 118 Å². The van der Waals surface area contributed by atoms with E-state index in [-0.39, 0.29) is 5.82 Å². The van der Waals surface area contributed by atoms with Gasteiger partial charge < -0.3 is 5.32 Å². The molecule has 0 heterocycles. The maximum atomic E-state index is 13.5. The summed E-state index contributed by atoms with van der Waals surface area (Å²) in [6.45, 7) is 4.74. The highest BCUT2D eigenvalue weighted by atomic mass is 35.5. The van der Waals surface area contributed by atoms with Crippen molar-refractivity contribution < 1.29 is 4.39 Å². The fourth-order valence-electron chi connectivity index (χ4n) is 1.86. The average molecular weight is 278 g/mol. The first-order chi connectivity index (χ1) is 9.06. The van der Waals surface area contributed by atoms with Gasteiger partial charge in [-0.05, 0) is 41.8 Å². The molecule has 0 unspecified atom stereocenters. The lowest BCUT2D eigenvalue weighted by Crippen LogP contribution is -2.02. The predicted octanol–water partition coefficient (Wildman–Crippen LogP) is 5.21. The molecule has 2 aromatic carbocycles. The molecule has 3 heteroatoms. The van der Waals surface area contributed by atoms with Gasteiger partial charge in [0.15, 0.2) is 0 Å². The van der Waals surface area contributed by atoms with Gasteiger partial charge in [-0.3, -0.25) is 0 Å². The lowest BCUT2D eigenvalue weighted by Gasteiger charge is -2.10. The van der Waals surface area contributed by atoms with E-state index in [9.17, 15) is 4.39 Å². The van der Waals surface area contributed by atoms with E-state index in [2.05, 4.69) is 31.3 Å². The van der Waals surface area contributed by atoms with Crippen LogP contribution in [0.5, 0.6) is 0 Å². The summed E-state index contributed by atoms with van der Waals surface area (Å²) in [7, 11) is 0. The number of rotatable bonds is 4. The van der Waals surface area contributed by atoms with Gasteiger partial charge in [0.05, 0.1) is 0 Å². The lowest BCUT2D eigenvalue weighted by atomic mass is 10.0. The van der Waals surface area contributed by atoms with Crippen LogP contribution in [0.4, 0.5) is 10.1 Å². The van der Waals surface area contributed by atoms with Crippen LogP contribution in [0.25, 0.3) is 0 Å².